The minimum atomic E-state index is -1.02. The van der Waals surface area contributed by atoms with Gasteiger partial charge < -0.3 is 15.2 Å². The fraction of sp³-hybridized carbons (Fsp3) is 0.375. The van der Waals surface area contributed by atoms with E-state index in [-0.39, 0.29) is 12.3 Å². The maximum absolute atomic E-state index is 11.6. The number of rotatable bonds is 8. The standard InChI is InChI=1S/C16H19N3O4S/c1-2-3-8-23-12-7-5-4-6-11(12)10-17-19-16-18-15(22)13(24-16)9-14(20)21/h4-7,10,13H,2-3,8-9H2,1H3,(H,20,21)(H,18,19,22). The number of para-hydroxylation sites is 1. The highest BCUT2D eigenvalue weighted by Gasteiger charge is 2.32. The van der Waals surface area contributed by atoms with Crippen LogP contribution in [0.3, 0.4) is 0 Å². The number of ether oxygens (including phenoxy) is 1. The molecule has 1 aliphatic rings. The molecule has 0 saturated carbocycles. The lowest BCUT2D eigenvalue weighted by Gasteiger charge is -2.07. The van der Waals surface area contributed by atoms with Gasteiger partial charge in [-0.05, 0) is 18.6 Å². The first-order valence-electron chi connectivity index (χ1n) is 7.62. The maximum atomic E-state index is 11.6. The van der Waals surface area contributed by atoms with Crippen molar-refractivity contribution in [3.63, 3.8) is 0 Å². The second-order valence-corrected chi connectivity index (χ2v) is 6.27. The summed E-state index contributed by atoms with van der Waals surface area (Å²) in [6.07, 6.45) is 3.33. The zero-order valence-electron chi connectivity index (χ0n) is 13.3. The third-order valence-corrected chi connectivity index (χ3v) is 4.23. The molecule has 8 heteroatoms. The predicted octanol–water partition coefficient (Wildman–Crippen LogP) is 2.26. The summed E-state index contributed by atoms with van der Waals surface area (Å²) in [5.41, 5.74) is 0.786. The van der Waals surface area contributed by atoms with E-state index in [1.54, 1.807) is 6.21 Å². The number of unbranched alkanes of at least 4 members (excludes halogenated alkanes) is 1. The molecule has 2 rings (SSSR count). The number of carbonyl (C=O) groups excluding carboxylic acids is 1. The molecule has 24 heavy (non-hydrogen) atoms. The van der Waals surface area contributed by atoms with Gasteiger partial charge in [-0.25, -0.2) is 0 Å². The molecule has 1 fully saturated rings. The number of hydrogen-bond acceptors (Lipinski definition) is 6. The fourth-order valence-corrected chi connectivity index (χ4v) is 2.85. The summed E-state index contributed by atoms with van der Waals surface area (Å²) in [5, 5.41) is 18.8. The van der Waals surface area contributed by atoms with Crippen LogP contribution >= 0.6 is 11.8 Å². The molecule has 0 aliphatic carbocycles. The molecule has 0 radical (unpaired) electrons. The van der Waals surface area contributed by atoms with Gasteiger partial charge in [-0.1, -0.05) is 37.2 Å². The Balaban J connectivity index is 1.99. The molecule has 1 aromatic carbocycles. The predicted molar refractivity (Wildman–Crippen MR) is 93.6 cm³/mol. The summed E-state index contributed by atoms with van der Waals surface area (Å²) in [7, 11) is 0. The zero-order chi connectivity index (χ0) is 17.4. The number of carboxylic acids is 1. The quantitative estimate of drug-likeness (QED) is 0.426. The van der Waals surface area contributed by atoms with Crippen molar-refractivity contribution in [3.8, 4) is 5.75 Å². The number of thioether (sulfide) groups is 1. The van der Waals surface area contributed by atoms with Crippen LogP contribution < -0.4 is 10.1 Å². The van der Waals surface area contributed by atoms with E-state index in [1.807, 2.05) is 24.3 Å². The summed E-state index contributed by atoms with van der Waals surface area (Å²) in [4.78, 5) is 22.3. The van der Waals surface area contributed by atoms with E-state index in [9.17, 15) is 9.59 Å². The van der Waals surface area contributed by atoms with Crippen molar-refractivity contribution in [2.24, 2.45) is 10.2 Å². The van der Waals surface area contributed by atoms with Crippen molar-refractivity contribution in [3.05, 3.63) is 29.8 Å². The molecule has 1 atom stereocenters. The highest BCUT2D eigenvalue weighted by atomic mass is 32.2. The smallest absolute Gasteiger partial charge is 0.305 e. The van der Waals surface area contributed by atoms with E-state index in [0.29, 0.717) is 11.8 Å². The number of hydrogen-bond donors (Lipinski definition) is 2. The van der Waals surface area contributed by atoms with Crippen LogP contribution in [-0.4, -0.2) is 40.2 Å². The minimum absolute atomic E-state index is 0.243. The monoisotopic (exact) mass is 349 g/mol. The number of carboxylic acid groups (broad SMARTS) is 1. The first-order chi connectivity index (χ1) is 11.6. The van der Waals surface area contributed by atoms with Gasteiger partial charge in [0, 0.05) is 5.56 Å². The first-order valence-corrected chi connectivity index (χ1v) is 8.50. The molecule has 1 aliphatic heterocycles. The summed E-state index contributed by atoms with van der Waals surface area (Å²) in [5.74, 6) is -0.660. The number of nitrogens with zero attached hydrogens (tertiary/aromatic N) is 2. The molecule has 2 N–H and O–H groups in total. The van der Waals surface area contributed by atoms with Gasteiger partial charge in [0.1, 0.15) is 11.0 Å². The van der Waals surface area contributed by atoms with Gasteiger partial charge in [-0.3, -0.25) is 9.59 Å². The first kappa shape index (κ1) is 18.0. The number of nitrogens with one attached hydrogen (secondary N) is 1. The van der Waals surface area contributed by atoms with Crippen LogP contribution in [0.25, 0.3) is 0 Å². The third kappa shape index (κ3) is 5.38. The molecule has 0 spiro atoms. The lowest BCUT2D eigenvalue weighted by Crippen LogP contribution is -2.26. The maximum Gasteiger partial charge on any atom is 0.305 e. The van der Waals surface area contributed by atoms with Gasteiger partial charge in [0.2, 0.25) is 5.91 Å². The van der Waals surface area contributed by atoms with Crippen LogP contribution in [0.2, 0.25) is 0 Å². The van der Waals surface area contributed by atoms with Crippen LogP contribution in [-0.2, 0) is 9.59 Å². The van der Waals surface area contributed by atoms with E-state index in [4.69, 9.17) is 9.84 Å². The Morgan fingerprint density at radius 1 is 1.46 bits per heavy atom. The molecular weight excluding hydrogens is 330 g/mol. The molecule has 1 heterocycles. The summed E-state index contributed by atoms with van der Waals surface area (Å²) in [6, 6.07) is 7.47. The average Bonchev–Trinajstić information content (AvgIpc) is 2.88. The number of benzene rings is 1. The zero-order valence-corrected chi connectivity index (χ0v) is 14.1. The third-order valence-electron chi connectivity index (χ3n) is 3.16. The number of amides is 1. The van der Waals surface area contributed by atoms with E-state index in [1.165, 1.54) is 0 Å². The van der Waals surface area contributed by atoms with Gasteiger partial charge in [0.05, 0.1) is 19.2 Å². The summed E-state index contributed by atoms with van der Waals surface area (Å²) < 4.78 is 5.70. The number of amidine groups is 1. The summed E-state index contributed by atoms with van der Waals surface area (Å²) in [6.45, 7) is 2.73. The van der Waals surface area contributed by atoms with Crippen LogP contribution in [0.1, 0.15) is 31.7 Å². The molecule has 1 amide bonds. The van der Waals surface area contributed by atoms with Crippen molar-refractivity contribution in [1.29, 1.82) is 0 Å². The molecule has 1 unspecified atom stereocenters. The second kappa shape index (κ2) is 9.07. The van der Waals surface area contributed by atoms with Gasteiger partial charge in [0.15, 0.2) is 5.17 Å². The largest absolute Gasteiger partial charge is 0.493 e. The Bertz CT molecular complexity index is 660. The topological polar surface area (TPSA) is 100 Å². The van der Waals surface area contributed by atoms with Crippen LogP contribution in [0.5, 0.6) is 5.75 Å². The van der Waals surface area contributed by atoms with Gasteiger partial charge >= 0.3 is 5.97 Å². The van der Waals surface area contributed by atoms with Crippen molar-refractivity contribution in [1.82, 2.24) is 5.32 Å². The minimum Gasteiger partial charge on any atom is -0.493 e. The molecular formula is C16H19N3O4S. The average molecular weight is 349 g/mol. The molecule has 0 aromatic heterocycles. The lowest BCUT2D eigenvalue weighted by atomic mass is 10.2. The Morgan fingerprint density at radius 3 is 3.00 bits per heavy atom. The molecule has 128 valence electrons. The van der Waals surface area contributed by atoms with Crippen LogP contribution in [0.4, 0.5) is 0 Å². The van der Waals surface area contributed by atoms with Crippen molar-refractivity contribution in [2.75, 3.05) is 6.61 Å². The Hall–Kier alpha value is -2.35. The number of carbonyl (C=O) groups is 2. The molecule has 1 saturated heterocycles. The van der Waals surface area contributed by atoms with Gasteiger partial charge in [-0.15, -0.1) is 5.10 Å². The van der Waals surface area contributed by atoms with E-state index < -0.39 is 11.2 Å². The van der Waals surface area contributed by atoms with Gasteiger partial charge in [-0.2, -0.15) is 5.10 Å². The summed E-state index contributed by atoms with van der Waals surface area (Å²) >= 11 is 1.07. The van der Waals surface area contributed by atoms with E-state index in [0.717, 1.165) is 35.9 Å². The van der Waals surface area contributed by atoms with Crippen molar-refractivity contribution >= 4 is 35.0 Å². The molecule has 1 aromatic rings. The Morgan fingerprint density at radius 2 is 2.25 bits per heavy atom. The SMILES string of the molecule is CCCCOc1ccccc1C=NN=C1NC(=O)C(CC(=O)O)S1. The highest BCUT2D eigenvalue weighted by Crippen LogP contribution is 2.22. The molecule has 0 bridgehead atoms. The Kier molecular flexibility index (Phi) is 6.80. The van der Waals surface area contributed by atoms with Gasteiger partial charge in [0.25, 0.3) is 0 Å². The van der Waals surface area contributed by atoms with Crippen molar-refractivity contribution in [2.45, 2.75) is 31.4 Å². The second-order valence-electron chi connectivity index (χ2n) is 5.08. The molecule has 7 nitrogen and oxygen atoms in total. The Labute approximate surface area is 144 Å². The van der Waals surface area contributed by atoms with Crippen molar-refractivity contribution < 1.29 is 19.4 Å². The lowest BCUT2D eigenvalue weighted by molar-refractivity contribution is -0.138. The number of aliphatic carboxylic acids is 1. The van der Waals surface area contributed by atoms with E-state index >= 15 is 0 Å². The fourth-order valence-electron chi connectivity index (χ4n) is 1.93. The normalized spacial score (nSPS) is 19.0. The van der Waals surface area contributed by atoms with E-state index in [2.05, 4.69) is 22.4 Å². The van der Waals surface area contributed by atoms with Crippen LogP contribution in [0, 0.1) is 0 Å². The van der Waals surface area contributed by atoms with Crippen LogP contribution in [0.15, 0.2) is 34.5 Å². The highest BCUT2D eigenvalue weighted by molar-refractivity contribution is 8.15.